The van der Waals surface area contributed by atoms with Crippen LogP contribution in [-0.4, -0.2) is 35.9 Å². The Morgan fingerprint density at radius 2 is 1.95 bits per heavy atom. The van der Waals surface area contributed by atoms with E-state index in [-0.39, 0.29) is 18.7 Å². The fourth-order valence-corrected chi connectivity index (χ4v) is 2.07. The average molecular weight is 278 g/mol. The molecule has 1 aromatic carbocycles. The molecule has 0 bridgehead atoms. The Morgan fingerprint density at radius 1 is 1.35 bits per heavy atom. The van der Waals surface area contributed by atoms with Gasteiger partial charge in [-0.15, -0.1) is 0 Å². The van der Waals surface area contributed by atoms with Crippen LogP contribution in [-0.2, 0) is 11.3 Å². The van der Waals surface area contributed by atoms with Crippen LogP contribution in [0.25, 0.3) is 0 Å². The first kappa shape index (κ1) is 14.7. The summed E-state index contributed by atoms with van der Waals surface area (Å²) in [6.45, 7) is 7.16. The van der Waals surface area contributed by atoms with Gasteiger partial charge in [0.25, 0.3) is 0 Å². The van der Waals surface area contributed by atoms with Crippen molar-refractivity contribution in [2.45, 2.75) is 39.0 Å². The van der Waals surface area contributed by atoms with Crippen molar-refractivity contribution in [3.63, 3.8) is 0 Å². The van der Waals surface area contributed by atoms with Gasteiger partial charge in [-0.25, -0.2) is 4.79 Å². The molecule has 0 aliphatic carbocycles. The molecule has 1 aromatic rings. The third-order valence-corrected chi connectivity index (χ3v) is 3.09. The van der Waals surface area contributed by atoms with Crippen LogP contribution in [0.5, 0.6) is 0 Å². The molecular formula is C15H22N2O3. The second kappa shape index (κ2) is 5.71. The van der Waals surface area contributed by atoms with Gasteiger partial charge in [-0.3, -0.25) is 0 Å². The van der Waals surface area contributed by atoms with Gasteiger partial charge in [-0.1, -0.05) is 12.1 Å². The van der Waals surface area contributed by atoms with Crippen LogP contribution < -0.4 is 10.2 Å². The lowest BCUT2D eigenvalue weighted by Gasteiger charge is -2.41. The SMILES string of the molecule is CC(C)(C)OC(=O)NC1CN(c2ccc(CO)cc2)C1. The van der Waals surface area contributed by atoms with Gasteiger partial charge >= 0.3 is 6.09 Å². The van der Waals surface area contributed by atoms with E-state index in [1.165, 1.54) is 0 Å². The topological polar surface area (TPSA) is 61.8 Å². The van der Waals surface area contributed by atoms with Gasteiger partial charge in [0.2, 0.25) is 0 Å². The molecule has 5 heteroatoms. The smallest absolute Gasteiger partial charge is 0.407 e. The highest BCUT2D eigenvalue weighted by molar-refractivity contribution is 5.69. The van der Waals surface area contributed by atoms with Gasteiger partial charge in [0.1, 0.15) is 5.60 Å². The number of rotatable bonds is 3. The van der Waals surface area contributed by atoms with Gasteiger partial charge in [-0.2, -0.15) is 0 Å². The highest BCUT2D eigenvalue weighted by Crippen LogP contribution is 2.21. The predicted molar refractivity (Wildman–Crippen MR) is 77.7 cm³/mol. The lowest BCUT2D eigenvalue weighted by atomic mass is 10.1. The largest absolute Gasteiger partial charge is 0.444 e. The number of amides is 1. The minimum absolute atomic E-state index is 0.0586. The number of nitrogens with zero attached hydrogens (tertiary/aromatic N) is 1. The van der Waals surface area contributed by atoms with E-state index in [2.05, 4.69) is 10.2 Å². The van der Waals surface area contributed by atoms with E-state index >= 15 is 0 Å². The average Bonchev–Trinajstić information content (AvgIpc) is 2.31. The van der Waals surface area contributed by atoms with E-state index in [0.29, 0.717) is 0 Å². The number of ether oxygens (including phenoxy) is 1. The molecule has 5 nitrogen and oxygen atoms in total. The number of hydrogen-bond acceptors (Lipinski definition) is 4. The molecule has 0 radical (unpaired) electrons. The van der Waals surface area contributed by atoms with Gasteiger partial charge in [0.15, 0.2) is 0 Å². The molecule has 1 aliphatic heterocycles. The fourth-order valence-electron chi connectivity index (χ4n) is 2.07. The molecule has 0 spiro atoms. The third kappa shape index (κ3) is 3.87. The molecule has 0 aromatic heterocycles. The molecule has 2 rings (SSSR count). The number of hydrogen-bond donors (Lipinski definition) is 2. The Hall–Kier alpha value is -1.75. The molecule has 1 amide bonds. The van der Waals surface area contributed by atoms with Crippen LogP contribution in [0.4, 0.5) is 10.5 Å². The van der Waals surface area contributed by atoms with Crippen molar-refractivity contribution in [3.05, 3.63) is 29.8 Å². The second-order valence-corrected chi connectivity index (χ2v) is 6.07. The minimum atomic E-state index is -0.465. The van der Waals surface area contributed by atoms with Crippen molar-refractivity contribution in [2.24, 2.45) is 0 Å². The van der Waals surface area contributed by atoms with Crippen LogP contribution in [0.3, 0.4) is 0 Å². The second-order valence-electron chi connectivity index (χ2n) is 6.07. The predicted octanol–water partition coefficient (Wildman–Crippen LogP) is 1.89. The zero-order chi connectivity index (χ0) is 14.8. The van der Waals surface area contributed by atoms with E-state index in [4.69, 9.17) is 9.84 Å². The Labute approximate surface area is 119 Å². The number of nitrogens with one attached hydrogen (secondary N) is 1. The minimum Gasteiger partial charge on any atom is -0.444 e. The van der Waals surface area contributed by atoms with Crippen LogP contribution in [0, 0.1) is 0 Å². The first-order valence-electron chi connectivity index (χ1n) is 6.81. The summed E-state index contributed by atoms with van der Waals surface area (Å²) in [4.78, 5) is 13.8. The fraction of sp³-hybridized carbons (Fsp3) is 0.533. The molecule has 1 saturated heterocycles. The van der Waals surface area contributed by atoms with Crippen LogP contribution in [0.1, 0.15) is 26.3 Å². The molecular weight excluding hydrogens is 256 g/mol. The number of carbonyl (C=O) groups excluding carboxylic acids is 1. The van der Waals surface area contributed by atoms with Crippen molar-refractivity contribution in [3.8, 4) is 0 Å². The van der Waals surface area contributed by atoms with Crippen molar-refractivity contribution < 1.29 is 14.6 Å². The molecule has 0 atom stereocenters. The van der Waals surface area contributed by atoms with Crippen LogP contribution >= 0.6 is 0 Å². The summed E-state index contributed by atoms with van der Waals surface area (Å²) in [6, 6.07) is 7.90. The number of alkyl carbamates (subject to hydrolysis) is 1. The lowest BCUT2D eigenvalue weighted by Crippen LogP contribution is -2.60. The maximum absolute atomic E-state index is 11.6. The normalized spacial score (nSPS) is 15.7. The molecule has 20 heavy (non-hydrogen) atoms. The van der Waals surface area contributed by atoms with E-state index in [0.717, 1.165) is 24.3 Å². The first-order chi connectivity index (χ1) is 9.37. The Morgan fingerprint density at radius 3 is 2.45 bits per heavy atom. The summed E-state index contributed by atoms with van der Waals surface area (Å²) in [5.41, 5.74) is 1.54. The molecule has 1 fully saturated rings. The number of aliphatic hydroxyl groups excluding tert-OH is 1. The number of benzene rings is 1. The standard InChI is InChI=1S/C15H22N2O3/c1-15(2,3)20-14(19)16-12-8-17(9-12)13-6-4-11(10-18)5-7-13/h4-7,12,18H,8-10H2,1-3H3,(H,16,19). The summed E-state index contributed by atoms with van der Waals surface area (Å²) in [6.07, 6.45) is -0.363. The van der Waals surface area contributed by atoms with Crippen molar-refractivity contribution in [1.82, 2.24) is 5.32 Å². The summed E-state index contributed by atoms with van der Waals surface area (Å²) in [7, 11) is 0. The Balaban J connectivity index is 1.78. The van der Waals surface area contributed by atoms with Crippen molar-refractivity contribution >= 4 is 11.8 Å². The van der Waals surface area contributed by atoms with E-state index in [1.54, 1.807) is 0 Å². The summed E-state index contributed by atoms with van der Waals surface area (Å²) < 4.78 is 5.22. The van der Waals surface area contributed by atoms with Gasteiger partial charge in [0, 0.05) is 18.8 Å². The lowest BCUT2D eigenvalue weighted by molar-refractivity contribution is 0.0496. The molecule has 1 aliphatic rings. The van der Waals surface area contributed by atoms with Crippen molar-refractivity contribution in [1.29, 1.82) is 0 Å². The van der Waals surface area contributed by atoms with Gasteiger partial charge in [0.05, 0.1) is 12.6 Å². The van der Waals surface area contributed by atoms with Crippen molar-refractivity contribution in [2.75, 3.05) is 18.0 Å². The zero-order valence-electron chi connectivity index (χ0n) is 12.2. The monoisotopic (exact) mass is 278 g/mol. The highest BCUT2D eigenvalue weighted by Gasteiger charge is 2.29. The van der Waals surface area contributed by atoms with Crippen LogP contribution in [0.15, 0.2) is 24.3 Å². The van der Waals surface area contributed by atoms with Gasteiger partial charge in [-0.05, 0) is 38.5 Å². The molecule has 0 unspecified atom stereocenters. The van der Waals surface area contributed by atoms with E-state index < -0.39 is 5.60 Å². The Kier molecular flexibility index (Phi) is 4.18. The molecule has 110 valence electrons. The summed E-state index contributed by atoms with van der Waals surface area (Å²) in [5, 5.41) is 11.8. The number of aliphatic hydroxyl groups is 1. The highest BCUT2D eigenvalue weighted by atomic mass is 16.6. The number of anilines is 1. The third-order valence-electron chi connectivity index (χ3n) is 3.09. The molecule has 2 N–H and O–H groups in total. The molecule has 0 saturated carbocycles. The van der Waals surface area contributed by atoms with Crippen LogP contribution in [0.2, 0.25) is 0 Å². The Bertz CT molecular complexity index is 459. The number of carbonyl (C=O) groups is 1. The first-order valence-corrected chi connectivity index (χ1v) is 6.81. The van der Waals surface area contributed by atoms with Gasteiger partial charge < -0.3 is 20.1 Å². The maximum atomic E-state index is 11.6. The maximum Gasteiger partial charge on any atom is 0.407 e. The summed E-state index contributed by atoms with van der Waals surface area (Å²) >= 11 is 0. The molecule has 1 heterocycles. The quantitative estimate of drug-likeness (QED) is 0.886. The zero-order valence-corrected chi connectivity index (χ0v) is 12.2. The van der Waals surface area contributed by atoms with E-state index in [9.17, 15) is 4.79 Å². The summed E-state index contributed by atoms with van der Waals surface area (Å²) in [5.74, 6) is 0. The van der Waals surface area contributed by atoms with E-state index in [1.807, 2.05) is 45.0 Å².